The Labute approximate surface area is 126 Å². The molecule has 1 aliphatic carbocycles. The van der Waals surface area contributed by atoms with Crippen LogP contribution >= 0.6 is 0 Å². The summed E-state index contributed by atoms with van der Waals surface area (Å²) in [7, 11) is 3.14. The molecule has 1 aromatic rings. The first kappa shape index (κ1) is 15.4. The van der Waals surface area contributed by atoms with Crippen LogP contribution in [0.4, 0.5) is 0 Å². The summed E-state index contributed by atoms with van der Waals surface area (Å²) in [4.78, 5) is 27.9. The number of aromatic nitrogens is 2. The second-order valence-corrected chi connectivity index (χ2v) is 5.99. The summed E-state index contributed by atoms with van der Waals surface area (Å²) in [5.41, 5.74) is -1.65. The van der Waals surface area contributed by atoms with E-state index in [1.54, 1.807) is 14.2 Å². The van der Waals surface area contributed by atoms with Gasteiger partial charge in [0.1, 0.15) is 11.7 Å². The first-order valence-corrected chi connectivity index (χ1v) is 7.17. The third kappa shape index (κ3) is 2.06. The van der Waals surface area contributed by atoms with E-state index < -0.39 is 28.7 Å². The van der Waals surface area contributed by atoms with Crippen molar-refractivity contribution < 1.29 is 19.3 Å². The van der Waals surface area contributed by atoms with Crippen molar-refractivity contribution in [2.75, 3.05) is 14.2 Å². The van der Waals surface area contributed by atoms with Crippen LogP contribution in [0.3, 0.4) is 0 Å². The van der Waals surface area contributed by atoms with E-state index in [-0.39, 0.29) is 23.8 Å². The summed E-state index contributed by atoms with van der Waals surface area (Å²) >= 11 is 0. The highest BCUT2D eigenvalue weighted by Crippen LogP contribution is 2.52. The summed E-state index contributed by atoms with van der Waals surface area (Å²) in [6.07, 6.45) is 0.885. The fraction of sp³-hybridized carbons (Fsp3) is 0.714. The zero-order chi connectivity index (χ0) is 16.1. The second kappa shape index (κ2) is 5.02. The standard InChI is InChI=1S/C14H20N2O6/c1-7-9(15-12(18)16-11(7)17)14(19)6-13(21-3)5-4-8(20-2)10(13)22-14/h8,10,19H,4-6H2,1-3H3,(H2,15,16,17,18)/t8?,10-,13+,14+/m1/s1. The van der Waals surface area contributed by atoms with E-state index in [9.17, 15) is 14.7 Å². The van der Waals surface area contributed by atoms with Crippen molar-refractivity contribution in [3.63, 3.8) is 0 Å². The molecule has 0 radical (unpaired) electrons. The number of aliphatic hydroxyl groups is 1. The lowest BCUT2D eigenvalue weighted by Crippen LogP contribution is -2.40. The number of hydrogen-bond donors (Lipinski definition) is 3. The highest BCUT2D eigenvalue weighted by molar-refractivity contribution is 5.23. The van der Waals surface area contributed by atoms with Crippen molar-refractivity contribution >= 4 is 0 Å². The van der Waals surface area contributed by atoms with Gasteiger partial charge in [-0.3, -0.25) is 9.78 Å². The van der Waals surface area contributed by atoms with Crippen molar-refractivity contribution in [1.82, 2.24) is 9.97 Å². The average molecular weight is 312 g/mol. The predicted molar refractivity (Wildman–Crippen MR) is 75.6 cm³/mol. The molecule has 0 spiro atoms. The molecule has 1 saturated heterocycles. The molecular weight excluding hydrogens is 292 g/mol. The van der Waals surface area contributed by atoms with E-state index in [4.69, 9.17) is 14.2 Å². The maximum absolute atomic E-state index is 11.8. The molecule has 2 heterocycles. The van der Waals surface area contributed by atoms with Crippen LogP contribution in [0.25, 0.3) is 0 Å². The zero-order valence-corrected chi connectivity index (χ0v) is 12.8. The van der Waals surface area contributed by atoms with Gasteiger partial charge in [0.2, 0.25) is 5.79 Å². The van der Waals surface area contributed by atoms with Crippen LogP contribution in [0.1, 0.15) is 30.5 Å². The number of hydrogen-bond acceptors (Lipinski definition) is 6. The van der Waals surface area contributed by atoms with Gasteiger partial charge >= 0.3 is 5.69 Å². The lowest BCUT2D eigenvalue weighted by molar-refractivity contribution is -0.221. The molecule has 3 N–H and O–H groups in total. The Morgan fingerprint density at radius 3 is 2.68 bits per heavy atom. The maximum atomic E-state index is 11.8. The largest absolute Gasteiger partial charge is 0.379 e. The smallest absolute Gasteiger partial charge is 0.326 e. The Balaban J connectivity index is 2.06. The van der Waals surface area contributed by atoms with Crippen molar-refractivity contribution in [3.05, 3.63) is 32.1 Å². The van der Waals surface area contributed by atoms with E-state index in [1.807, 2.05) is 0 Å². The molecule has 0 bridgehead atoms. The summed E-state index contributed by atoms with van der Waals surface area (Å²) in [6.45, 7) is 1.52. The fourth-order valence-electron chi connectivity index (χ4n) is 3.67. The SMILES string of the molecule is COC1CC[C@]2(OC)C[C@@](O)(c3[nH]c(=O)[nH]c(=O)c3C)O[C@H]12. The molecule has 0 aromatic carbocycles. The normalized spacial score (nSPS) is 37.5. The molecule has 3 rings (SSSR count). The summed E-state index contributed by atoms with van der Waals surface area (Å²) in [6, 6.07) is 0. The molecule has 1 saturated carbocycles. The van der Waals surface area contributed by atoms with Gasteiger partial charge in [0.15, 0.2) is 0 Å². The average Bonchev–Trinajstić information content (AvgIpc) is 2.95. The molecule has 8 nitrogen and oxygen atoms in total. The quantitative estimate of drug-likeness (QED) is 0.693. The van der Waals surface area contributed by atoms with Crippen LogP contribution in [0.15, 0.2) is 9.59 Å². The predicted octanol–water partition coefficient (Wildman–Crippen LogP) is -0.500. The second-order valence-electron chi connectivity index (χ2n) is 5.99. The molecule has 2 aliphatic rings. The zero-order valence-electron chi connectivity index (χ0n) is 12.8. The van der Waals surface area contributed by atoms with Crippen LogP contribution in [0.5, 0.6) is 0 Å². The molecule has 2 fully saturated rings. The maximum Gasteiger partial charge on any atom is 0.326 e. The van der Waals surface area contributed by atoms with E-state index in [2.05, 4.69) is 9.97 Å². The lowest BCUT2D eigenvalue weighted by atomic mass is 9.91. The van der Waals surface area contributed by atoms with Gasteiger partial charge < -0.3 is 24.3 Å². The third-order valence-corrected chi connectivity index (χ3v) is 4.85. The Hall–Kier alpha value is -1.48. The summed E-state index contributed by atoms with van der Waals surface area (Å²) in [5, 5.41) is 10.9. The highest BCUT2D eigenvalue weighted by atomic mass is 16.7. The third-order valence-electron chi connectivity index (χ3n) is 4.85. The Morgan fingerprint density at radius 1 is 1.32 bits per heavy atom. The summed E-state index contributed by atoms with van der Waals surface area (Å²) in [5.74, 6) is -1.78. The van der Waals surface area contributed by atoms with Crippen LogP contribution in [0.2, 0.25) is 0 Å². The van der Waals surface area contributed by atoms with Gasteiger partial charge in [0.05, 0.1) is 11.8 Å². The molecule has 1 aliphatic heterocycles. The van der Waals surface area contributed by atoms with Gasteiger partial charge in [0, 0.05) is 26.2 Å². The Kier molecular flexibility index (Phi) is 3.52. The monoisotopic (exact) mass is 312 g/mol. The Morgan fingerprint density at radius 2 is 2.05 bits per heavy atom. The molecule has 22 heavy (non-hydrogen) atoms. The number of fused-ring (bicyclic) bond motifs is 1. The van der Waals surface area contributed by atoms with Gasteiger partial charge in [-0.1, -0.05) is 0 Å². The molecule has 1 unspecified atom stereocenters. The van der Waals surface area contributed by atoms with Crippen LogP contribution in [-0.4, -0.2) is 47.1 Å². The molecular formula is C14H20N2O6. The van der Waals surface area contributed by atoms with E-state index in [0.29, 0.717) is 6.42 Å². The van der Waals surface area contributed by atoms with Gasteiger partial charge in [-0.15, -0.1) is 0 Å². The molecule has 122 valence electrons. The van der Waals surface area contributed by atoms with E-state index in [1.165, 1.54) is 6.92 Å². The lowest BCUT2D eigenvalue weighted by Gasteiger charge is -2.26. The van der Waals surface area contributed by atoms with E-state index >= 15 is 0 Å². The topological polar surface area (TPSA) is 114 Å². The molecule has 1 aromatic heterocycles. The van der Waals surface area contributed by atoms with Gasteiger partial charge in [-0.2, -0.15) is 0 Å². The molecule has 8 heteroatoms. The first-order valence-electron chi connectivity index (χ1n) is 7.17. The fourth-order valence-corrected chi connectivity index (χ4v) is 3.67. The molecule has 0 amide bonds. The number of aromatic amines is 2. The summed E-state index contributed by atoms with van der Waals surface area (Å²) < 4.78 is 16.9. The van der Waals surface area contributed by atoms with Gasteiger partial charge in [0.25, 0.3) is 5.56 Å². The number of nitrogens with one attached hydrogen (secondary N) is 2. The minimum Gasteiger partial charge on any atom is -0.379 e. The minimum absolute atomic E-state index is 0.0712. The highest BCUT2D eigenvalue weighted by Gasteiger charge is 2.63. The van der Waals surface area contributed by atoms with Crippen molar-refractivity contribution in [3.8, 4) is 0 Å². The van der Waals surface area contributed by atoms with Crippen molar-refractivity contribution in [2.24, 2.45) is 0 Å². The van der Waals surface area contributed by atoms with Gasteiger partial charge in [-0.05, 0) is 19.8 Å². The van der Waals surface area contributed by atoms with Crippen LogP contribution in [0, 0.1) is 6.92 Å². The number of rotatable bonds is 3. The molecule has 4 atom stereocenters. The van der Waals surface area contributed by atoms with Crippen molar-refractivity contribution in [2.45, 2.75) is 49.8 Å². The number of methoxy groups -OCH3 is 2. The van der Waals surface area contributed by atoms with Gasteiger partial charge in [-0.25, -0.2) is 4.79 Å². The number of ether oxygens (including phenoxy) is 3. The Bertz CT molecular complexity index is 697. The van der Waals surface area contributed by atoms with Crippen LogP contribution < -0.4 is 11.2 Å². The van der Waals surface area contributed by atoms with E-state index in [0.717, 1.165) is 6.42 Å². The first-order chi connectivity index (χ1) is 10.3. The van der Waals surface area contributed by atoms with Crippen LogP contribution in [-0.2, 0) is 20.0 Å². The number of H-pyrrole nitrogens is 2. The minimum atomic E-state index is -1.78. The van der Waals surface area contributed by atoms with Crippen molar-refractivity contribution in [1.29, 1.82) is 0 Å².